The summed E-state index contributed by atoms with van der Waals surface area (Å²) < 4.78 is 13.0. The van der Waals surface area contributed by atoms with Crippen molar-refractivity contribution >= 4 is 17.7 Å². The van der Waals surface area contributed by atoms with Crippen molar-refractivity contribution in [3.8, 4) is 0 Å². The van der Waals surface area contributed by atoms with Crippen LogP contribution in [0.25, 0.3) is 0 Å². The highest BCUT2D eigenvalue weighted by atomic mass is 16.6. The van der Waals surface area contributed by atoms with Crippen molar-refractivity contribution in [1.82, 2.24) is 9.55 Å². The first-order chi connectivity index (χ1) is 26.0. The first-order valence-electron chi connectivity index (χ1n) is 22.7. The van der Waals surface area contributed by atoms with Gasteiger partial charge in [-0.3, -0.25) is 14.2 Å². The monoisotopic (exact) mass is 744 g/mol. The van der Waals surface area contributed by atoms with Gasteiger partial charge in [0.2, 0.25) is 5.91 Å². The molecule has 1 fully saturated rings. The van der Waals surface area contributed by atoms with Crippen LogP contribution in [0.2, 0.25) is 0 Å². The van der Waals surface area contributed by atoms with Gasteiger partial charge in [-0.05, 0) is 31.7 Å². The van der Waals surface area contributed by atoms with Gasteiger partial charge in [-0.15, -0.1) is 0 Å². The fourth-order valence-corrected chi connectivity index (χ4v) is 7.48. The molecule has 1 saturated heterocycles. The molecule has 0 radical (unpaired) electrons. The van der Waals surface area contributed by atoms with Gasteiger partial charge in [-0.1, -0.05) is 194 Å². The van der Waals surface area contributed by atoms with Crippen molar-refractivity contribution in [2.24, 2.45) is 0 Å². The Balaban J connectivity index is 1.44. The van der Waals surface area contributed by atoms with Crippen molar-refractivity contribution in [3.05, 3.63) is 22.7 Å². The Kier molecular flexibility index (Phi) is 29.4. The Morgan fingerprint density at radius 3 is 1.49 bits per heavy atom. The van der Waals surface area contributed by atoms with Crippen LogP contribution in [0.3, 0.4) is 0 Å². The lowest BCUT2D eigenvalue weighted by atomic mass is 10.0. The topological polar surface area (TPSA) is 99.5 Å². The predicted molar refractivity (Wildman–Crippen MR) is 220 cm³/mol. The Labute approximate surface area is 324 Å². The van der Waals surface area contributed by atoms with E-state index in [2.05, 4.69) is 24.1 Å². The normalized spacial score (nSPS) is 15.6. The van der Waals surface area contributed by atoms with Gasteiger partial charge in [0.05, 0.1) is 6.10 Å². The largest absolute Gasteiger partial charge is 0.463 e. The van der Waals surface area contributed by atoms with E-state index in [0.29, 0.717) is 25.7 Å². The first-order valence-corrected chi connectivity index (χ1v) is 22.7. The summed E-state index contributed by atoms with van der Waals surface area (Å²) in [5.41, 5.74) is -0.453. The molecule has 1 aromatic rings. The van der Waals surface area contributed by atoms with Crippen molar-refractivity contribution in [1.29, 1.82) is 0 Å². The second-order valence-electron chi connectivity index (χ2n) is 15.9. The number of carbonyl (C=O) groups excluding carboxylic acids is 2. The van der Waals surface area contributed by atoms with Gasteiger partial charge in [0.15, 0.2) is 0 Å². The van der Waals surface area contributed by atoms with Gasteiger partial charge in [-0.2, -0.15) is 4.98 Å². The maximum atomic E-state index is 12.7. The zero-order chi connectivity index (χ0) is 38.0. The average Bonchev–Trinajstić information content (AvgIpc) is 3.62. The Bertz CT molecular complexity index is 1090. The van der Waals surface area contributed by atoms with E-state index >= 15 is 0 Å². The molecule has 306 valence electrons. The summed E-state index contributed by atoms with van der Waals surface area (Å²) in [6.07, 6.45) is 42.1. The van der Waals surface area contributed by atoms with E-state index < -0.39 is 11.9 Å². The molecule has 1 aromatic heterocycles. The highest BCUT2D eigenvalue weighted by Gasteiger charge is 2.28. The summed E-state index contributed by atoms with van der Waals surface area (Å²) in [4.78, 5) is 41.6. The SMILES string of the molecule is CCCCCCCCCCCCCCCCCC(=O)Nc1ccn([C@H]2CC[C@@H](COC(=O)CCCCCCCCCCCCCCCCC)O2)c(=O)n1. The van der Waals surface area contributed by atoms with Gasteiger partial charge in [-0.25, -0.2) is 4.79 Å². The molecule has 0 saturated carbocycles. The zero-order valence-corrected chi connectivity index (χ0v) is 34.5. The number of ether oxygens (including phenoxy) is 2. The molecule has 1 aliphatic rings. The van der Waals surface area contributed by atoms with E-state index in [1.165, 1.54) is 172 Å². The third-order valence-corrected chi connectivity index (χ3v) is 10.9. The molecule has 1 N–H and O–H groups in total. The number of nitrogens with one attached hydrogen (secondary N) is 1. The van der Waals surface area contributed by atoms with E-state index in [1.54, 1.807) is 12.3 Å². The van der Waals surface area contributed by atoms with Crippen LogP contribution >= 0.6 is 0 Å². The molecule has 0 aliphatic carbocycles. The zero-order valence-electron chi connectivity index (χ0n) is 34.5. The molecule has 8 heteroatoms. The van der Waals surface area contributed by atoms with E-state index in [4.69, 9.17) is 9.47 Å². The highest BCUT2D eigenvalue weighted by Crippen LogP contribution is 2.27. The number of nitrogens with zero attached hydrogens (tertiary/aromatic N) is 2. The number of unbranched alkanes of at least 4 members (excludes halogenated alkanes) is 28. The fraction of sp³-hybridized carbons (Fsp3) is 0.867. The number of hydrogen-bond donors (Lipinski definition) is 1. The van der Waals surface area contributed by atoms with Crippen LogP contribution in [0, 0.1) is 0 Å². The number of aromatic nitrogens is 2. The van der Waals surface area contributed by atoms with Gasteiger partial charge in [0.25, 0.3) is 0 Å². The molecule has 2 heterocycles. The molecule has 2 atom stereocenters. The number of amides is 1. The summed E-state index contributed by atoms with van der Waals surface area (Å²) in [5, 5.41) is 2.78. The van der Waals surface area contributed by atoms with Crippen LogP contribution in [0.1, 0.15) is 238 Å². The summed E-state index contributed by atoms with van der Waals surface area (Å²) in [7, 11) is 0. The maximum absolute atomic E-state index is 12.7. The molecule has 0 unspecified atom stereocenters. The summed E-state index contributed by atoms with van der Waals surface area (Å²) >= 11 is 0. The quantitative estimate of drug-likeness (QED) is 0.0542. The molecule has 8 nitrogen and oxygen atoms in total. The van der Waals surface area contributed by atoms with E-state index in [0.717, 1.165) is 25.7 Å². The lowest BCUT2D eigenvalue weighted by Crippen LogP contribution is -2.29. The second-order valence-corrected chi connectivity index (χ2v) is 15.9. The van der Waals surface area contributed by atoms with Crippen LogP contribution in [0.15, 0.2) is 17.1 Å². The molecule has 0 aromatic carbocycles. The van der Waals surface area contributed by atoms with Crippen molar-refractivity contribution in [3.63, 3.8) is 0 Å². The summed E-state index contributed by atoms with van der Waals surface area (Å²) in [6.45, 7) is 4.75. The Morgan fingerprint density at radius 2 is 1.06 bits per heavy atom. The van der Waals surface area contributed by atoms with Crippen molar-refractivity contribution in [2.45, 2.75) is 244 Å². The van der Waals surface area contributed by atoms with Gasteiger partial charge >= 0.3 is 11.7 Å². The van der Waals surface area contributed by atoms with Crippen LogP contribution in [-0.2, 0) is 19.1 Å². The van der Waals surface area contributed by atoms with Crippen LogP contribution in [0.4, 0.5) is 5.82 Å². The van der Waals surface area contributed by atoms with Gasteiger partial charge in [0, 0.05) is 19.0 Å². The van der Waals surface area contributed by atoms with E-state index in [-0.39, 0.29) is 30.4 Å². The fourth-order valence-electron chi connectivity index (χ4n) is 7.48. The molecule has 53 heavy (non-hydrogen) atoms. The Morgan fingerprint density at radius 1 is 0.642 bits per heavy atom. The average molecular weight is 744 g/mol. The molecule has 1 amide bonds. The number of carbonyl (C=O) groups is 2. The minimum Gasteiger partial charge on any atom is -0.463 e. The van der Waals surface area contributed by atoms with Gasteiger partial charge in [0.1, 0.15) is 18.7 Å². The van der Waals surface area contributed by atoms with Crippen molar-refractivity contribution in [2.75, 3.05) is 11.9 Å². The molecule has 2 rings (SSSR count). The molecule has 0 spiro atoms. The molecule has 1 aliphatic heterocycles. The third-order valence-electron chi connectivity index (χ3n) is 10.9. The predicted octanol–water partition coefficient (Wildman–Crippen LogP) is 12.9. The van der Waals surface area contributed by atoms with Crippen LogP contribution < -0.4 is 11.0 Å². The smallest absolute Gasteiger partial charge is 0.351 e. The summed E-state index contributed by atoms with van der Waals surface area (Å²) in [6, 6.07) is 1.65. The van der Waals surface area contributed by atoms with Crippen molar-refractivity contribution < 1.29 is 19.1 Å². The van der Waals surface area contributed by atoms with Crippen LogP contribution in [0.5, 0.6) is 0 Å². The lowest BCUT2D eigenvalue weighted by Gasteiger charge is -2.16. The molecule has 0 bridgehead atoms. The second kappa shape index (κ2) is 33.1. The number of anilines is 1. The molecular formula is C45H81N3O5. The third kappa shape index (κ3) is 25.5. The lowest BCUT2D eigenvalue weighted by molar-refractivity contribution is -0.148. The number of hydrogen-bond acceptors (Lipinski definition) is 6. The number of rotatable bonds is 36. The standard InChI is InChI=1S/C45H81N3O5/c1-3-5-7-9-11-13-15-17-19-21-23-25-27-29-31-33-42(49)46-41-37-38-48(45(51)47-41)43-36-35-40(53-43)39-52-44(50)34-32-30-28-26-24-22-20-18-16-14-12-10-8-6-4-2/h37-38,40,43H,3-36,39H2,1-2H3,(H,46,47,49,51)/t40-,43+/m0/s1. The Hall–Kier alpha value is -2.22. The van der Waals surface area contributed by atoms with E-state index in [1.807, 2.05) is 0 Å². The highest BCUT2D eigenvalue weighted by molar-refractivity contribution is 5.89. The maximum Gasteiger partial charge on any atom is 0.351 e. The minimum atomic E-state index is -0.453. The van der Waals surface area contributed by atoms with Gasteiger partial charge < -0.3 is 14.8 Å². The van der Waals surface area contributed by atoms with E-state index in [9.17, 15) is 14.4 Å². The van der Waals surface area contributed by atoms with Crippen LogP contribution in [-0.4, -0.2) is 34.1 Å². The number of esters is 1. The molecular weight excluding hydrogens is 663 g/mol. The summed E-state index contributed by atoms with van der Waals surface area (Å²) in [5.74, 6) is 0.00203. The minimum absolute atomic E-state index is 0.104. The first kappa shape index (κ1) is 46.9.